The zero-order valence-corrected chi connectivity index (χ0v) is 19.5. The molecule has 0 spiro atoms. The number of rotatable bonds is 5. The average Bonchev–Trinajstić information content (AvgIpc) is 3.46. The van der Waals surface area contributed by atoms with E-state index in [4.69, 9.17) is 4.74 Å². The number of ether oxygens (including phenoxy) is 1. The zero-order chi connectivity index (χ0) is 23.9. The van der Waals surface area contributed by atoms with E-state index in [1.54, 1.807) is 19.2 Å². The van der Waals surface area contributed by atoms with Crippen molar-refractivity contribution >= 4 is 26.8 Å². The Morgan fingerprint density at radius 2 is 2.03 bits per heavy atom. The molecule has 10 heteroatoms. The van der Waals surface area contributed by atoms with E-state index in [0.29, 0.717) is 29.4 Å². The van der Waals surface area contributed by atoms with Gasteiger partial charge in [0.15, 0.2) is 20.7 Å². The number of sulfone groups is 1. The van der Waals surface area contributed by atoms with Crippen LogP contribution in [-0.2, 0) is 14.6 Å². The van der Waals surface area contributed by atoms with E-state index in [1.807, 2.05) is 35.2 Å². The molecule has 1 fully saturated rings. The van der Waals surface area contributed by atoms with Gasteiger partial charge in [0.25, 0.3) is 0 Å². The molecule has 5 rings (SSSR count). The Morgan fingerprint density at radius 3 is 2.71 bits per heavy atom. The van der Waals surface area contributed by atoms with E-state index >= 15 is 0 Å². The molecule has 4 heterocycles. The number of hydrogen-bond acceptors (Lipinski definition) is 7. The molecule has 0 radical (unpaired) electrons. The summed E-state index contributed by atoms with van der Waals surface area (Å²) >= 11 is 0. The van der Waals surface area contributed by atoms with E-state index in [0.717, 1.165) is 35.9 Å². The number of H-pyrrole nitrogens is 1. The number of nitrogens with zero attached hydrogens (tertiary/aromatic N) is 4. The Hall–Kier alpha value is -3.79. The van der Waals surface area contributed by atoms with Gasteiger partial charge in [-0.2, -0.15) is 0 Å². The lowest BCUT2D eigenvalue weighted by atomic mass is 10.0. The minimum absolute atomic E-state index is 0.00602. The molecular weight excluding hydrogens is 454 g/mol. The van der Waals surface area contributed by atoms with E-state index < -0.39 is 9.84 Å². The van der Waals surface area contributed by atoms with Crippen LogP contribution in [0.3, 0.4) is 0 Å². The number of carbonyl (C=O) groups excluding carboxylic acids is 1. The van der Waals surface area contributed by atoms with Gasteiger partial charge in [-0.1, -0.05) is 6.07 Å². The molecule has 1 aromatic carbocycles. The van der Waals surface area contributed by atoms with Crippen molar-refractivity contribution in [1.29, 1.82) is 0 Å². The van der Waals surface area contributed by atoms with Gasteiger partial charge in [-0.05, 0) is 43.2 Å². The SMILES string of the molecule is CC(=O)N1CCCC1c1cc2[nH]c(-c3ccccn3)nc2cc1Oc1ccc(S(C)(=O)=O)nc1. The van der Waals surface area contributed by atoms with Crippen LogP contribution in [0.4, 0.5) is 0 Å². The summed E-state index contributed by atoms with van der Waals surface area (Å²) in [4.78, 5) is 30.5. The third kappa shape index (κ3) is 4.24. The molecule has 9 nitrogen and oxygen atoms in total. The van der Waals surface area contributed by atoms with Crippen molar-refractivity contribution < 1.29 is 17.9 Å². The van der Waals surface area contributed by atoms with Gasteiger partial charge in [-0.25, -0.2) is 18.4 Å². The summed E-state index contributed by atoms with van der Waals surface area (Å²) < 4.78 is 29.7. The van der Waals surface area contributed by atoms with Crippen molar-refractivity contribution in [3.8, 4) is 23.0 Å². The first-order chi connectivity index (χ1) is 16.3. The fraction of sp³-hybridized carbons (Fsp3) is 0.250. The van der Waals surface area contributed by atoms with Crippen molar-refractivity contribution in [3.63, 3.8) is 0 Å². The third-order valence-electron chi connectivity index (χ3n) is 5.85. The number of imidazole rings is 1. The van der Waals surface area contributed by atoms with Crippen molar-refractivity contribution in [3.05, 3.63) is 60.4 Å². The second-order valence-corrected chi connectivity index (χ2v) is 10.2. The van der Waals surface area contributed by atoms with Crippen molar-refractivity contribution in [2.75, 3.05) is 12.8 Å². The molecule has 1 aliphatic rings. The van der Waals surface area contributed by atoms with Crippen LogP contribution in [0.1, 0.15) is 31.4 Å². The van der Waals surface area contributed by atoms with E-state index in [-0.39, 0.29) is 17.0 Å². The summed E-state index contributed by atoms with van der Waals surface area (Å²) in [6, 6.07) is 12.2. The number of pyridine rings is 2. The number of fused-ring (bicyclic) bond motifs is 1. The standard InChI is InChI=1S/C24H23N5O4S/c1-15(30)29-11-5-7-21(29)17-12-19-20(28-24(27-19)18-6-3-4-10-25-18)13-22(17)33-16-8-9-23(26-14-16)34(2,31)32/h3-4,6,8-10,12-14,21H,5,7,11H2,1-2H3,(H,27,28). The molecule has 0 saturated carbocycles. The van der Waals surface area contributed by atoms with Crippen LogP contribution in [0.15, 0.2) is 59.9 Å². The third-order valence-corrected chi connectivity index (χ3v) is 6.86. The van der Waals surface area contributed by atoms with Crippen LogP contribution in [0.2, 0.25) is 0 Å². The van der Waals surface area contributed by atoms with Gasteiger partial charge < -0.3 is 14.6 Å². The maximum Gasteiger partial charge on any atom is 0.219 e. The Balaban J connectivity index is 1.59. The predicted molar refractivity (Wildman–Crippen MR) is 126 cm³/mol. The minimum atomic E-state index is -3.41. The molecule has 1 N–H and O–H groups in total. The second kappa shape index (κ2) is 8.53. The molecule has 1 saturated heterocycles. The zero-order valence-electron chi connectivity index (χ0n) is 18.7. The monoisotopic (exact) mass is 477 g/mol. The van der Waals surface area contributed by atoms with Crippen LogP contribution in [-0.4, -0.2) is 52.0 Å². The van der Waals surface area contributed by atoms with Crippen LogP contribution in [0, 0.1) is 0 Å². The van der Waals surface area contributed by atoms with Gasteiger partial charge >= 0.3 is 0 Å². The lowest BCUT2D eigenvalue weighted by Crippen LogP contribution is -2.28. The summed E-state index contributed by atoms with van der Waals surface area (Å²) in [5.41, 5.74) is 3.06. The maximum atomic E-state index is 12.3. The van der Waals surface area contributed by atoms with Gasteiger partial charge in [0.1, 0.15) is 17.2 Å². The summed E-state index contributed by atoms with van der Waals surface area (Å²) in [6.45, 7) is 2.25. The molecule has 1 unspecified atom stereocenters. The Labute approximate surface area is 196 Å². The molecule has 4 aromatic rings. The van der Waals surface area contributed by atoms with Gasteiger partial charge in [-0.3, -0.25) is 9.78 Å². The van der Waals surface area contributed by atoms with Crippen LogP contribution in [0.25, 0.3) is 22.6 Å². The number of likely N-dealkylation sites (tertiary alicyclic amines) is 1. The number of amides is 1. The van der Waals surface area contributed by atoms with Crippen molar-refractivity contribution in [1.82, 2.24) is 24.8 Å². The maximum absolute atomic E-state index is 12.3. The first kappa shape index (κ1) is 22.0. The predicted octanol–water partition coefficient (Wildman–Crippen LogP) is 3.90. The Kier molecular flexibility index (Phi) is 5.52. The average molecular weight is 478 g/mol. The number of aromatic amines is 1. The Bertz CT molecular complexity index is 1470. The van der Waals surface area contributed by atoms with Gasteiger partial charge in [-0.15, -0.1) is 0 Å². The number of carbonyl (C=O) groups is 1. The quantitative estimate of drug-likeness (QED) is 0.463. The minimum Gasteiger partial charge on any atom is -0.455 e. The molecular formula is C24H23N5O4S. The van der Waals surface area contributed by atoms with Gasteiger partial charge in [0.05, 0.1) is 23.3 Å². The van der Waals surface area contributed by atoms with Gasteiger partial charge in [0.2, 0.25) is 5.91 Å². The van der Waals surface area contributed by atoms with Gasteiger partial charge in [0, 0.05) is 37.6 Å². The molecule has 3 aromatic heterocycles. The summed E-state index contributed by atoms with van der Waals surface area (Å²) in [5, 5.41) is -0.0265. The smallest absolute Gasteiger partial charge is 0.219 e. The number of nitrogens with one attached hydrogen (secondary N) is 1. The molecule has 1 amide bonds. The highest BCUT2D eigenvalue weighted by molar-refractivity contribution is 7.90. The molecule has 1 aliphatic heterocycles. The molecule has 0 aliphatic carbocycles. The lowest BCUT2D eigenvalue weighted by Gasteiger charge is -2.25. The highest BCUT2D eigenvalue weighted by atomic mass is 32.2. The van der Waals surface area contributed by atoms with Crippen LogP contribution < -0.4 is 4.74 Å². The Morgan fingerprint density at radius 1 is 1.18 bits per heavy atom. The molecule has 1 atom stereocenters. The summed E-state index contributed by atoms with van der Waals surface area (Å²) in [5.74, 6) is 1.57. The number of aromatic nitrogens is 4. The van der Waals surface area contributed by atoms with E-state index in [9.17, 15) is 13.2 Å². The first-order valence-electron chi connectivity index (χ1n) is 10.9. The van der Waals surface area contributed by atoms with Crippen molar-refractivity contribution in [2.45, 2.75) is 30.8 Å². The van der Waals surface area contributed by atoms with Crippen LogP contribution >= 0.6 is 0 Å². The van der Waals surface area contributed by atoms with Crippen molar-refractivity contribution in [2.24, 2.45) is 0 Å². The summed E-state index contributed by atoms with van der Waals surface area (Å²) in [6.07, 6.45) is 5.90. The van der Waals surface area contributed by atoms with Crippen LogP contribution in [0.5, 0.6) is 11.5 Å². The summed E-state index contributed by atoms with van der Waals surface area (Å²) in [7, 11) is -3.41. The lowest BCUT2D eigenvalue weighted by molar-refractivity contribution is -0.129. The molecule has 0 bridgehead atoms. The molecule has 174 valence electrons. The number of hydrogen-bond donors (Lipinski definition) is 1. The van der Waals surface area contributed by atoms with E-state index in [2.05, 4.69) is 19.9 Å². The normalized spacial score (nSPS) is 16.2. The largest absolute Gasteiger partial charge is 0.455 e. The van der Waals surface area contributed by atoms with E-state index in [1.165, 1.54) is 12.3 Å². The second-order valence-electron chi connectivity index (χ2n) is 8.28. The fourth-order valence-corrected chi connectivity index (χ4v) is 4.83. The molecule has 34 heavy (non-hydrogen) atoms. The number of benzene rings is 1. The topological polar surface area (TPSA) is 118 Å². The first-order valence-corrected chi connectivity index (χ1v) is 12.7. The highest BCUT2D eigenvalue weighted by Crippen LogP contribution is 2.41. The fourth-order valence-electron chi connectivity index (χ4n) is 4.27. The highest BCUT2D eigenvalue weighted by Gasteiger charge is 2.31.